The van der Waals surface area contributed by atoms with E-state index < -0.39 is 0 Å². The number of nitrogens with zero attached hydrogens (tertiary/aromatic N) is 5. The van der Waals surface area contributed by atoms with Crippen LogP contribution in [-0.4, -0.2) is 42.7 Å². The summed E-state index contributed by atoms with van der Waals surface area (Å²) in [4.78, 5) is 9.10. The molecular formula is C19H22N8. The molecule has 1 aromatic carbocycles. The van der Waals surface area contributed by atoms with Gasteiger partial charge >= 0.3 is 0 Å². The minimum absolute atomic E-state index is 0.337. The van der Waals surface area contributed by atoms with Gasteiger partial charge in [-0.15, -0.1) is 5.10 Å². The second kappa shape index (κ2) is 8.05. The molecular weight excluding hydrogens is 340 g/mol. The molecule has 0 bridgehead atoms. The second-order valence-electron chi connectivity index (χ2n) is 6.79. The van der Waals surface area contributed by atoms with Crippen molar-refractivity contribution in [3.05, 3.63) is 48.0 Å². The van der Waals surface area contributed by atoms with Crippen LogP contribution in [-0.2, 0) is 0 Å². The molecule has 0 unspecified atom stereocenters. The van der Waals surface area contributed by atoms with Crippen molar-refractivity contribution >= 4 is 18.0 Å². The van der Waals surface area contributed by atoms with Crippen LogP contribution < -0.4 is 11.1 Å². The van der Waals surface area contributed by atoms with E-state index in [4.69, 9.17) is 10.7 Å². The minimum Gasteiger partial charge on any atom is -0.366 e. The SMILES string of the molecule is NC1CCC(Nc2cncc(-c3cccc(/C=C/c4nnn[nH]4)c3)n2)CC1. The summed E-state index contributed by atoms with van der Waals surface area (Å²) in [6, 6.07) is 8.86. The maximum absolute atomic E-state index is 5.99. The van der Waals surface area contributed by atoms with Crippen LogP contribution in [0.15, 0.2) is 36.7 Å². The van der Waals surface area contributed by atoms with Gasteiger partial charge in [0.05, 0.1) is 18.1 Å². The van der Waals surface area contributed by atoms with Crippen LogP contribution in [0.25, 0.3) is 23.4 Å². The molecule has 1 fully saturated rings. The topological polar surface area (TPSA) is 118 Å². The molecule has 1 saturated carbocycles. The molecule has 2 aromatic heterocycles. The Morgan fingerprint density at radius 1 is 1.11 bits per heavy atom. The third kappa shape index (κ3) is 4.53. The molecule has 0 amide bonds. The Morgan fingerprint density at radius 3 is 2.81 bits per heavy atom. The summed E-state index contributed by atoms with van der Waals surface area (Å²) < 4.78 is 0. The summed E-state index contributed by atoms with van der Waals surface area (Å²) in [5, 5.41) is 17.2. The van der Waals surface area contributed by atoms with E-state index in [2.05, 4.69) is 37.0 Å². The van der Waals surface area contributed by atoms with Gasteiger partial charge in [-0.1, -0.05) is 24.3 Å². The molecule has 4 rings (SSSR count). The first-order valence-electron chi connectivity index (χ1n) is 9.13. The van der Waals surface area contributed by atoms with Crippen molar-refractivity contribution in [2.24, 2.45) is 5.73 Å². The summed E-state index contributed by atoms with van der Waals surface area (Å²) in [5.74, 6) is 1.42. The Labute approximate surface area is 157 Å². The highest BCUT2D eigenvalue weighted by Crippen LogP contribution is 2.23. The quantitative estimate of drug-likeness (QED) is 0.638. The fourth-order valence-electron chi connectivity index (χ4n) is 3.26. The number of H-pyrrole nitrogens is 1. The molecule has 8 heteroatoms. The normalized spacial score (nSPS) is 20.0. The van der Waals surface area contributed by atoms with Crippen LogP contribution in [0.5, 0.6) is 0 Å². The number of nitrogens with one attached hydrogen (secondary N) is 2. The van der Waals surface area contributed by atoms with Crippen molar-refractivity contribution in [2.45, 2.75) is 37.8 Å². The molecule has 0 saturated heterocycles. The Kier molecular flexibility index (Phi) is 5.15. The molecule has 8 nitrogen and oxygen atoms in total. The van der Waals surface area contributed by atoms with Crippen molar-refractivity contribution in [1.29, 1.82) is 0 Å². The van der Waals surface area contributed by atoms with E-state index in [1.54, 1.807) is 12.4 Å². The number of aromatic amines is 1. The highest BCUT2D eigenvalue weighted by molar-refractivity contribution is 5.71. The second-order valence-corrected chi connectivity index (χ2v) is 6.79. The summed E-state index contributed by atoms with van der Waals surface area (Å²) in [5.41, 5.74) is 8.86. The lowest BCUT2D eigenvalue weighted by molar-refractivity contribution is 0.410. The molecule has 0 spiro atoms. The molecule has 1 aliphatic carbocycles. The Morgan fingerprint density at radius 2 is 2.00 bits per heavy atom. The lowest BCUT2D eigenvalue weighted by Gasteiger charge is -2.27. The fourth-order valence-corrected chi connectivity index (χ4v) is 3.26. The third-order valence-corrected chi connectivity index (χ3v) is 4.74. The maximum Gasteiger partial charge on any atom is 0.172 e. The van der Waals surface area contributed by atoms with E-state index in [-0.39, 0.29) is 0 Å². The zero-order valence-corrected chi connectivity index (χ0v) is 14.9. The van der Waals surface area contributed by atoms with Crippen molar-refractivity contribution in [3.63, 3.8) is 0 Å². The highest BCUT2D eigenvalue weighted by atomic mass is 15.5. The van der Waals surface area contributed by atoms with Gasteiger partial charge in [0.1, 0.15) is 5.82 Å². The van der Waals surface area contributed by atoms with E-state index in [0.29, 0.717) is 17.9 Å². The largest absolute Gasteiger partial charge is 0.366 e. The van der Waals surface area contributed by atoms with Gasteiger partial charge in [-0.2, -0.15) is 0 Å². The lowest BCUT2D eigenvalue weighted by Crippen LogP contribution is -2.33. The van der Waals surface area contributed by atoms with Crippen molar-refractivity contribution < 1.29 is 0 Å². The van der Waals surface area contributed by atoms with Crippen molar-refractivity contribution in [3.8, 4) is 11.3 Å². The summed E-state index contributed by atoms with van der Waals surface area (Å²) in [6.45, 7) is 0. The molecule has 2 heterocycles. The number of hydrogen-bond acceptors (Lipinski definition) is 7. The van der Waals surface area contributed by atoms with E-state index in [0.717, 1.165) is 48.3 Å². The van der Waals surface area contributed by atoms with Gasteiger partial charge in [0.25, 0.3) is 0 Å². The first-order chi connectivity index (χ1) is 13.3. The molecule has 0 atom stereocenters. The van der Waals surface area contributed by atoms with Gasteiger partial charge in [-0.25, -0.2) is 10.1 Å². The summed E-state index contributed by atoms with van der Waals surface area (Å²) in [6.07, 6.45) is 11.6. The number of nitrogens with two attached hydrogens (primary N) is 1. The van der Waals surface area contributed by atoms with E-state index in [1.165, 1.54) is 0 Å². The lowest BCUT2D eigenvalue weighted by atomic mass is 9.92. The Hall–Kier alpha value is -3.13. The molecule has 0 aliphatic heterocycles. The van der Waals surface area contributed by atoms with Gasteiger partial charge in [0, 0.05) is 17.6 Å². The molecule has 27 heavy (non-hydrogen) atoms. The number of aromatic nitrogens is 6. The van der Waals surface area contributed by atoms with E-state index in [1.807, 2.05) is 30.4 Å². The van der Waals surface area contributed by atoms with Crippen LogP contribution in [0.2, 0.25) is 0 Å². The number of hydrogen-bond donors (Lipinski definition) is 3. The zero-order chi connectivity index (χ0) is 18.5. The monoisotopic (exact) mass is 362 g/mol. The third-order valence-electron chi connectivity index (χ3n) is 4.74. The van der Waals surface area contributed by atoms with Crippen molar-refractivity contribution in [2.75, 3.05) is 5.32 Å². The van der Waals surface area contributed by atoms with E-state index in [9.17, 15) is 0 Å². The number of benzene rings is 1. The van der Waals surface area contributed by atoms with Crippen LogP contribution in [0.3, 0.4) is 0 Å². The Balaban J connectivity index is 1.49. The zero-order valence-electron chi connectivity index (χ0n) is 14.9. The molecule has 1 aliphatic rings. The van der Waals surface area contributed by atoms with Crippen molar-refractivity contribution in [1.82, 2.24) is 30.6 Å². The first-order valence-corrected chi connectivity index (χ1v) is 9.13. The van der Waals surface area contributed by atoms with Gasteiger partial charge in [-0.3, -0.25) is 4.98 Å². The number of anilines is 1. The Bertz CT molecular complexity index is 898. The van der Waals surface area contributed by atoms with Crippen LogP contribution in [0.1, 0.15) is 37.1 Å². The van der Waals surface area contributed by atoms with Gasteiger partial charge < -0.3 is 11.1 Å². The molecule has 3 aromatic rings. The smallest absolute Gasteiger partial charge is 0.172 e. The standard InChI is InChI=1S/C19H22N8/c20-15-5-7-16(8-6-15)22-19-12-21-11-17(23-19)14-3-1-2-13(10-14)4-9-18-24-26-27-25-18/h1-4,9-12,15-16H,5-8,20H2,(H,22,23)(H,24,25,26,27)/b9-4+. The first kappa shape index (κ1) is 17.3. The molecule has 138 valence electrons. The number of rotatable bonds is 5. The summed E-state index contributed by atoms with van der Waals surface area (Å²) in [7, 11) is 0. The van der Waals surface area contributed by atoms with Crippen LogP contribution >= 0.6 is 0 Å². The van der Waals surface area contributed by atoms with Crippen LogP contribution in [0, 0.1) is 0 Å². The van der Waals surface area contributed by atoms with Gasteiger partial charge in [0.15, 0.2) is 5.82 Å². The average molecular weight is 362 g/mol. The predicted octanol–water partition coefficient (Wildman–Crippen LogP) is 2.51. The average Bonchev–Trinajstić information content (AvgIpc) is 3.22. The van der Waals surface area contributed by atoms with Crippen LogP contribution in [0.4, 0.5) is 5.82 Å². The maximum atomic E-state index is 5.99. The number of tetrazole rings is 1. The molecule has 0 radical (unpaired) electrons. The van der Waals surface area contributed by atoms with Gasteiger partial charge in [0.2, 0.25) is 0 Å². The highest BCUT2D eigenvalue weighted by Gasteiger charge is 2.18. The van der Waals surface area contributed by atoms with Gasteiger partial charge in [-0.05, 0) is 53.8 Å². The minimum atomic E-state index is 0.337. The van der Waals surface area contributed by atoms with E-state index >= 15 is 0 Å². The predicted molar refractivity (Wildman–Crippen MR) is 104 cm³/mol. The summed E-state index contributed by atoms with van der Waals surface area (Å²) >= 11 is 0. The fraction of sp³-hybridized carbons (Fsp3) is 0.316. The molecule has 4 N–H and O–H groups in total.